The van der Waals surface area contributed by atoms with Crippen LogP contribution in [0.15, 0.2) is 24.3 Å². The first-order valence-electron chi connectivity index (χ1n) is 9.92. The number of aromatic nitrogens is 3. The molecule has 1 aliphatic rings. The summed E-state index contributed by atoms with van der Waals surface area (Å²) in [5, 5.41) is 3.93. The highest BCUT2D eigenvalue weighted by Gasteiger charge is 2.36. The average Bonchev–Trinajstić information content (AvgIpc) is 3.05. The Morgan fingerprint density at radius 2 is 2.03 bits per heavy atom. The number of likely N-dealkylation sites (N-methyl/N-ethyl adjacent to an activating group) is 1. The molecule has 0 unspecified atom stereocenters. The molecule has 0 bridgehead atoms. The van der Waals surface area contributed by atoms with Gasteiger partial charge in [0.2, 0.25) is 11.9 Å². The zero-order valence-electron chi connectivity index (χ0n) is 17.7. The Morgan fingerprint density at radius 1 is 1.29 bits per heavy atom. The summed E-state index contributed by atoms with van der Waals surface area (Å²) >= 11 is 1.37. The van der Waals surface area contributed by atoms with Gasteiger partial charge in [-0.1, -0.05) is 12.1 Å². The number of benzene rings is 1. The van der Waals surface area contributed by atoms with E-state index in [-0.39, 0.29) is 41.4 Å². The Bertz CT molecular complexity index is 1160. The molecule has 3 heterocycles. The van der Waals surface area contributed by atoms with Crippen LogP contribution in [0.1, 0.15) is 40.9 Å². The fraction of sp³-hybridized carbons (Fsp3) is 0.381. The fourth-order valence-electron chi connectivity index (χ4n) is 3.46. The number of amides is 2. The van der Waals surface area contributed by atoms with Gasteiger partial charge in [-0.3, -0.25) is 9.59 Å². The number of thiazole rings is 1. The third-order valence-corrected chi connectivity index (χ3v) is 6.42. The number of rotatable bonds is 5. The van der Waals surface area contributed by atoms with Crippen molar-refractivity contribution in [2.45, 2.75) is 32.9 Å². The van der Waals surface area contributed by atoms with Crippen LogP contribution in [-0.4, -0.2) is 62.7 Å². The Morgan fingerprint density at radius 3 is 2.71 bits per heavy atom. The van der Waals surface area contributed by atoms with Gasteiger partial charge in [-0.15, -0.1) is 11.3 Å². The number of nitrogens with one attached hydrogen (secondary N) is 1. The van der Waals surface area contributed by atoms with E-state index in [1.807, 2.05) is 19.9 Å². The Kier molecular flexibility index (Phi) is 5.57. The number of aryl methyl sites for hydroxylation is 1. The summed E-state index contributed by atoms with van der Waals surface area (Å²) in [6, 6.07) is 6.02. The van der Waals surface area contributed by atoms with Gasteiger partial charge in [0.05, 0.1) is 17.1 Å². The van der Waals surface area contributed by atoms with E-state index in [1.54, 1.807) is 22.9 Å². The lowest BCUT2D eigenvalue weighted by Crippen LogP contribution is -2.61. The molecule has 0 saturated carbocycles. The Hall–Kier alpha value is -3.14. The molecular formula is C21H23FN6O2S. The smallest absolute Gasteiger partial charge is 0.274 e. The predicted molar refractivity (Wildman–Crippen MR) is 117 cm³/mol. The van der Waals surface area contributed by atoms with E-state index in [0.29, 0.717) is 23.4 Å². The summed E-state index contributed by atoms with van der Waals surface area (Å²) in [5.41, 5.74) is 1.48. The van der Waals surface area contributed by atoms with Crippen molar-refractivity contribution in [1.29, 1.82) is 0 Å². The number of carbonyl (C=O) groups is 2. The number of hydrogen-bond acceptors (Lipinski definition) is 7. The molecule has 0 radical (unpaired) electrons. The normalized spacial score (nSPS) is 14.9. The van der Waals surface area contributed by atoms with Gasteiger partial charge in [0.1, 0.15) is 10.5 Å². The third kappa shape index (κ3) is 4.20. The van der Waals surface area contributed by atoms with Crippen LogP contribution in [-0.2, 0) is 4.79 Å². The highest BCUT2D eigenvalue weighted by molar-refractivity contribution is 7.18. The van der Waals surface area contributed by atoms with Gasteiger partial charge in [0.15, 0.2) is 11.3 Å². The quantitative estimate of drug-likeness (QED) is 0.653. The fourth-order valence-corrected chi connectivity index (χ4v) is 4.30. The van der Waals surface area contributed by atoms with E-state index < -0.39 is 0 Å². The number of anilines is 1. The summed E-state index contributed by atoms with van der Waals surface area (Å²) in [6.07, 6.45) is 0. The summed E-state index contributed by atoms with van der Waals surface area (Å²) in [5.74, 6) is -0.310. The van der Waals surface area contributed by atoms with Gasteiger partial charge in [-0.25, -0.2) is 14.4 Å². The summed E-state index contributed by atoms with van der Waals surface area (Å²) in [4.78, 5) is 41.4. The number of halogens is 1. The zero-order valence-corrected chi connectivity index (χ0v) is 18.5. The Labute approximate surface area is 183 Å². The average molecular weight is 443 g/mol. The van der Waals surface area contributed by atoms with E-state index in [0.717, 1.165) is 10.6 Å². The largest absolute Gasteiger partial charge is 0.348 e. The van der Waals surface area contributed by atoms with Crippen LogP contribution in [0.3, 0.4) is 0 Å². The molecule has 2 amide bonds. The van der Waals surface area contributed by atoms with E-state index in [1.165, 1.54) is 30.4 Å². The highest BCUT2D eigenvalue weighted by Crippen LogP contribution is 2.28. The monoisotopic (exact) mass is 442 g/mol. The number of fused-ring (bicyclic) bond motifs is 1. The number of nitrogens with zero attached hydrogens (tertiary/aromatic N) is 5. The number of hydrogen-bond donors (Lipinski definition) is 1. The molecule has 4 rings (SSSR count). The van der Waals surface area contributed by atoms with Crippen molar-refractivity contribution in [1.82, 2.24) is 24.8 Å². The zero-order chi connectivity index (χ0) is 22.3. The van der Waals surface area contributed by atoms with E-state index in [2.05, 4.69) is 20.3 Å². The minimum Gasteiger partial charge on any atom is -0.348 e. The van der Waals surface area contributed by atoms with Crippen molar-refractivity contribution in [2.24, 2.45) is 0 Å². The van der Waals surface area contributed by atoms with Gasteiger partial charge < -0.3 is 15.1 Å². The van der Waals surface area contributed by atoms with Crippen molar-refractivity contribution in [3.8, 4) is 0 Å². The maximum Gasteiger partial charge on any atom is 0.274 e. The summed E-state index contributed by atoms with van der Waals surface area (Å²) in [7, 11) is 1.74. The molecule has 10 heteroatoms. The summed E-state index contributed by atoms with van der Waals surface area (Å²) < 4.78 is 14.2. The first kappa shape index (κ1) is 21.1. The van der Waals surface area contributed by atoms with Gasteiger partial charge in [0, 0.05) is 27.1 Å². The lowest BCUT2D eigenvalue weighted by molar-refractivity contribution is -0.132. The molecule has 3 aromatic rings. The number of carbonyl (C=O) groups excluding carboxylic acids is 2. The second-order valence-corrected chi connectivity index (χ2v) is 8.90. The van der Waals surface area contributed by atoms with Crippen molar-refractivity contribution in [3.05, 3.63) is 46.3 Å². The predicted octanol–water partition coefficient (Wildman–Crippen LogP) is 3.01. The lowest BCUT2D eigenvalue weighted by atomic mass is 10.1. The van der Waals surface area contributed by atoms with Gasteiger partial charge in [-0.05, 0) is 31.5 Å². The van der Waals surface area contributed by atoms with Gasteiger partial charge in [-0.2, -0.15) is 4.98 Å². The number of likely N-dealkylation sites (tertiary alicyclic amines) is 1. The van der Waals surface area contributed by atoms with Crippen molar-refractivity contribution >= 4 is 39.4 Å². The molecule has 8 nitrogen and oxygen atoms in total. The molecule has 1 aromatic carbocycles. The SMILES string of the molecule is CC(=O)N(C)C1CN(C(=O)c2nc(N[C@@H](C)c3cccc(F)c3)nc3nc(C)sc23)C1. The molecule has 162 valence electrons. The maximum atomic E-state index is 13.6. The van der Waals surface area contributed by atoms with Crippen molar-refractivity contribution in [3.63, 3.8) is 0 Å². The molecule has 1 N–H and O–H groups in total. The first-order valence-corrected chi connectivity index (χ1v) is 10.7. The molecule has 1 atom stereocenters. The minimum absolute atomic E-state index is 0.00701. The maximum absolute atomic E-state index is 13.6. The molecular weight excluding hydrogens is 419 g/mol. The molecule has 31 heavy (non-hydrogen) atoms. The van der Waals surface area contributed by atoms with Gasteiger partial charge in [0.25, 0.3) is 5.91 Å². The van der Waals surface area contributed by atoms with E-state index >= 15 is 0 Å². The third-order valence-electron chi connectivity index (χ3n) is 5.45. The molecule has 1 saturated heterocycles. The van der Waals surface area contributed by atoms with Crippen molar-refractivity contribution in [2.75, 3.05) is 25.5 Å². The molecule has 2 aromatic heterocycles. The van der Waals surface area contributed by atoms with Crippen LogP contribution in [0.2, 0.25) is 0 Å². The summed E-state index contributed by atoms with van der Waals surface area (Å²) in [6.45, 7) is 6.15. The van der Waals surface area contributed by atoms with Crippen LogP contribution >= 0.6 is 11.3 Å². The van der Waals surface area contributed by atoms with Crippen LogP contribution in [0.5, 0.6) is 0 Å². The topological polar surface area (TPSA) is 91.3 Å². The van der Waals surface area contributed by atoms with E-state index in [9.17, 15) is 14.0 Å². The lowest BCUT2D eigenvalue weighted by Gasteiger charge is -2.43. The second kappa shape index (κ2) is 8.18. The van der Waals surface area contributed by atoms with Gasteiger partial charge >= 0.3 is 0 Å². The van der Waals surface area contributed by atoms with Crippen LogP contribution in [0.4, 0.5) is 10.3 Å². The minimum atomic E-state index is -0.323. The molecule has 0 spiro atoms. The molecule has 0 aliphatic carbocycles. The Balaban J connectivity index is 1.60. The molecule has 1 fully saturated rings. The second-order valence-electron chi connectivity index (χ2n) is 7.70. The van der Waals surface area contributed by atoms with Crippen LogP contribution in [0.25, 0.3) is 10.3 Å². The molecule has 1 aliphatic heterocycles. The first-order chi connectivity index (χ1) is 14.7. The van der Waals surface area contributed by atoms with Crippen molar-refractivity contribution < 1.29 is 14.0 Å². The standard InChI is InChI=1S/C21H23FN6O2S/c1-11(14-6-5-7-15(22)8-14)23-21-25-17(18-19(26-21)24-12(2)31-18)20(30)28-9-16(10-28)27(4)13(3)29/h5-8,11,16H,9-10H2,1-4H3,(H,23,25,26)/t11-/m0/s1. The highest BCUT2D eigenvalue weighted by atomic mass is 32.1. The van der Waals surface area contributed by atoms with Crippen LogP contribution in [0, 0.1) is 12.7 Å². The van der Waals surface area contributed by atoms with E-state index in [4.69, 9.17) is 0 Å². The van der Waals surface area contributed by atoms with Crippen LogP contribution < -0.4 is 5.32 Å².